The SMILES string of the molecule is CC/C=C\C/C=C\C/C=C\C/C=C\C/C=C\C/C=C\CCC(=O)O.CC/C=C\C/C=C\C/C=C\C/C=C\C/C=C\CCCC(=O)O.C[N+](C)=C(N)N=C(N)N.C[N+](C)=C(N)N=C(N)N.C[N+](C)=C(N)N=C(N)N.C[N+](C)=C(N)N=C(N)N.C[N+](C)=C(N)N=C(N)N.C[N+](C)=C(N)N=C(N)N.[NH3+][C@@H](CCCCC(=O)O)C(=O)[O-].[NH3+][C@@H](CCCCC(=O)O)C(=O)[O-].[NH3+][C@@H](CCCCCC(=O)O)C(=O)[O-]. The summed E-state index contributed by atoms with van der Waals surface area (Å²) in [5.41, 5.74) is 102. The Morgan fingerprint density at radius 3 is 0.547 bits per heavy atom. The van der Waals surface area contributed by atoms with Crippen LogP contribution in [0.5, 0.6) is 0 Å². The fourth-order valence-corrected chi connectivity index (χ4v) is 7.51. The molecule has 0 unspecified atom stereocenters. The molecule has 0 heterocycles. The van der Waals surface area contributed by atoms with Crippen molar-refractivity contribution in [3.05, 3.63) is 134 Å². The van der Waals surface area contributed by atoms with E-state index in [4.69, 9.17) is 129 Å². The summed E-state index contributed by atoms with van der Waals surface area (Å²) in [6, 6.07) is -2.12. The van der Waals surface area contributed by atoms with Gasteiger partial charge in [0.1, 0.15) is 18.1 Å². The number of hydrogen-bond donors (Lipinski definition) is 26. The van der Waals surface area contributed by atoms with Crippen LogP contribution in [0.4, 0.5) is 0 Å². The van der Waals surface area contributed by atoms with Crippen molar-refractivity contribution < 1.29 is 124 Å². The molecule has 0 fully saturated rings. The van der Waals surface area contributed by atoms with Gasteiger partial charge in [0.2, 0.25) is 0 Å². The molecule has 3 atom stereocenters. The van der Waals surface area contributed by atoms with E-state index in [2.05, 4.69) is 183 Å². The molecule has 0 spiro atoms. The molecular weight excluding hydrogens is 1780 g/mol. The van der Waals surface area contributed by atoms with Gasteiger partial charge in [-0.3, -0.25) is 85.8 Å². The molecule has 782 valence electrons. The van der Waals surface area contributed by atoms with Crippen LogP contribution in [0.15, 0.2) is 164 Å². The van der Waals surface area contributed by atoms with E-state index in [-0.39, 0.29) is 67.9 Å². The van der Waals surface area contributed by atoms with E-state index in [1.54, 1.807) is 112 Å². The average molecular weight is 1950 g/mol. The molecule has 0 aromatic carbocycles. The Labute approximate surface area is 809 Å². The Morgan fingerprint density at radius 2 is 0.394 bits per heavy atom. The molecule has 0 aromatic heterocycles. The van der Waals surface area contributed by atoms with Crippen molar-refractivity contribution in [2.45, 2.75) is 218 Å². The van der Waals surface area contributed by atoms with Crippen LogP contribution in [0.2, 0.25) is 0 Å². The number of unbranched alkanes of at least 4 members (excludes halogenated alkanes) is 5. The minimum Gasteiger partial charge on any atom is -0.544 e. The summed E-state index contributed by atoms with van der Waals surface area (Å²) in [6.07, 6.45) is 66.6. The number of quaternary nitrogens is 3. The molecule has 0 aliphatic carbocycles. The van der Waals surface area contributed by atoms with E-state index in [1.165, 1.54) is 0 Å². The zero-order valence-electron chi connectivity index (χ0n) is 83.5. The van der Waals surface area contributed by atoms with Crippen LogP contribution in [0.1, 0.15) is 200 Å². The third-order valence-electron chi connectivity index (χ3n) is 15.1. The summed E-state index contributed by atoms with van der Waals surface area (Å²) in [5.74, 6) is -5.83. The lowest BCUT2D eigenvalue weighted by Crippen LogP contribution is -2.68. The number of aliphatic carboxylic acids is 8. The van der Waals surface area contributed by atoms with Gasteiger partial charge in [-0.05, 0) is 158 Å². The maximum atomic E-state index is 10.3. The number of nitrogens with two attached hydrogens (primary N) is 18. The van der Waals surface area contributed by atoms with Crippen molar-refractivity contribution >= 4 is 119 Å². The van der Waals surface area contributed by atoms with Gasteiger partial charge in [0.05, 0.1) is 102 Å². The molecule has 0 aliphatic heterocycles. The van der Waals surface area contributed by atoms with E-state index in [0.29, 0.717) is 100.0 Å². The van der Waals surface area contributed by atoms with Crippen molar-refractivity contribution in [1.82, 2.24) is 0 Å². The highest BCUT2D eigenvalue weighted by atomic mass is 16.4. The van der Waals surface area contributed by atoms with Gasteiger partial charge in [0.15, 0.2) is 0 Å². The summed E-state index contributed by atoms with van der Waals surface area (Å²) in [6.45, 7) is 4.29. The highest BCUT2D eigenvalue weighted by Crippen LogP contribution is 2.06. The van der Waals surface area contributed by atoms with Gasteiger partial charge in [-0.25, -0.2) is 0 Å². The molecule has 0 radical (unpaired) electrons. The van der Waals surface area contributed by atoms with Crippen LogP contribution >= 0.6 is 0 Å². The molecule has 0 aliphatic rings. The van der Waals surface area contributed by atoms with Crippen molar-refractivity contribution in [3.63, 3.8) is 0 Å². The number of carbonyl (C=O) groups excluding carboxylic acids is 3. The first-order valence-corrected chi connectivity index (χ1v) is 43.6. The van der Waals surface area contributed by atoms with Crippen molar-refractivity contribution in [3.8, 4) is 0 Å². The van der Waals surface area contributed by atoms with E-state index >= 15 is 0 Å². The topological polar surface area (TPSA) is 950 Å². The number of carbonyl (C=O) groups is 8. The lowest BCUT2D eigenvalue weighted by Gasteiger charge is -2.07. The Kier molecular flexibility index (Phi) is 111. The summed E-state index contributed by atoms with van der Waals surface area (Å²) >= 11 is 0. The first kappa shape index (κ1) is 145. The highest BCUT2D eigenvalue weighted by molar-refractivity contribution is 5.92. The molecule has 0 amide bonds. The lowest BCUT2D eigenvalue weighted by molar-refractivity contribution is -0.466. The Bertz CT molecular complexity index is 3710. The fraction of sp³-hybridized carbons (Fsp3) is 0.523. The summed E-state index contributed by atoms with van der Waals surface area (Å²) in [4.78, 5) is 103. The van der Waals surface area contributed by atoms with Crippen molar-refractivity contribution in [2.24, 2.45) is 133 Å². The van der Waals surface area contributed by atoms with Gasteiger partial charge in [0.25, 0.3) is 35.8 Å². The van der Waals surface area contributed by atoms with Crippen molar-refractivity contribution in [2.75, 3.05) is 84.6 Å². The number of carboxylic acid groups (broad SMARTS) is 8. The molecule has 0 saturated carbocycles. The molecule has 49 nitrogen and oxygen atoms in total. The van der Waals surface area contributed by atoms with E-state index < -0.39 is 65.9 Å². The Hall–Kier alpha value is -14.8. The number of allylic oxidation sites excluding steroid dienone is 22. The number of aliphatic imine (C=N–C) groups is 6. The number of hydrogen-bond acceptors (Lipinski definition) is 11. The van der Waals surface area contributed by atoms with Crippen LogP contribution < -0.4 is 136 Å². The number of carboxylic acids is 8. The molecule has 0 rings (SSSR count). The van der Waals surface area contributed by atoms with Gasteiger partial charge in [-0.2, -0.15) is 0 Å². The highest BCUT2D eigenvalue weighted by Gasteiger charge is 2.10. The second-order valence-corrected chi connectivity index (χ2v) is 29.4. The third kappa shape index (κ3) is 150. The predicted octanol–water partition coefficient (Wildman–Crippen LogP) is -6.01. The maximum absolute atomic E-state index is 10.3. The lowest BCUT2D eigenvalue weighted by atomic mass is 10.1. The van der Waals surface area contributed by atoms with Crippen LogP contribution in [0.3, 0.4) is 0 Å². The Morgan fingerprint density at radius 1 is 0.241 bits per heavy atom. The molecule has 50 N–H and O–H groups in total. The summed E-state index contributed by atoms with van der Waals surface area (Å²) in [5, 5.41) is 72.2. The quantitative estimate of drug-likeness (QED) is 0.00887. The van der Waals surface area contributed by atoms with Gasteiger partial charge < -0.3 is 141 Å². The van der Waals surface area contributed by atoms with Crippen LogP contribution in [-0.2, 0) is 38.4 Å². The fourth-order valence-electron chi connectivity index (χ4n) is 7.51. The number of rotatable bonds is 46. The van der Waals surface area contributed by atoms with Crippen LogP contribution in [0.25, 0.3) is 0 Å². The minimum absolute atomic E-state index is 0.0267. The summed E-state index contributed by atoms with van der Waals surface area (Å²) in [7, 11) is 21.0. The van der Waals surface area contributed by atoms with E-state index in [1.807, 2.05) is 12.2 Å². The van der Waals surface area contributed by atoms with Gasteiger partial charge in [0, 0.05) is 51.4 Å². The first-order chi connectivity index (χ1) is 63.9. The predicted molar refractivity (Wildman–Crippen MR) is 542 cm³/mol. The second kappa shape index (κ2) is 105. The number of guanidine groups is 12. The van der Waals surface area contributed by atoms with Gasteiger partial charge in [-0.15, -0.1) is 0 Å². The average Bonchev–Trinajstić information content (AvgIpc) is 1.04. The largest absolute Gasteiger partial charge is 0.544 e. The smallest absolute Gasteiger partial charge is 0.387 e. The zero-order chi connectivity index (χ0) is 108. The molecule has 0 bridgehead atoms. The molecule has 0 aromatic rings. The Balaban J connectivity index is -0.000000145. The maximum Gasteiger partial charge on any atom is 0.387 e. The van der Waals surface area contributed by atoms with Crippen LogP contribution in [0, 0.1) is 0 Å². The van der Waals surface area contributed by atoms with Gasteiger partial charge in [-0.1, -0.05) is 154 Å². The van der Waals surface area contributed by atoms with Gasteiger partial charge >= 0.3 is 65.6 Å². The minimum atomic E-state index is -1.18. The molecule has 0 saturated heterocycles. The standard InChI is InChI=1S/C22H32O2.C20H30O2.C8H15NO4.2C7H13NO4.6C4H11N5/c1-2-3-4-5-6-7-8-9-10-11-12-13-14-15-16-17-18-19-20-21-22(23)24;1-2-3-4-5-6-7-8-9-10-11-12-13-14-15-16-17-18-19-20(21)22;9-6(8(12)13)4-2-1-3-5-7(10)11;2*8-5(7(11)12)3-1-2-4-6(9)10;6*1-9(2)4(7)8-3(5)6/h3-4,6-7,9-10,12-13,15-16,18-19H,2,5,8,11,14,17,20-21H2,1H3,(H,23,24);3-4,6-7,9-10,12-13,15-16H,2,5,8,11,14,17-19H2,1H3,(H,21,22);6H,1-5,9H2,(H,10,11)(H,12,13);2*5H,1-4,8H2,(H,9,10)(H,11,12);6*1-2H3,(H5,5,6,7,8)/p+6/b4-3-,7-6-,10-9-,13-12-,16-15-,19-18-;4-3-,7-6-,10-9-,13-12-,16-15-;;;;;;;;;/t;;6-;2*5-;;;;;;/m..000....../s1. The normalized spacial score (nSPS) is 10.9. The van der Waals surface area contributed by atoms with Crippen LogP contribution in [-0.4, -0.2) is 275 Å². The molecule has 137 heavy (non-hydrogen) atoms. The van der Waals surface area contributed by atoms with E-state index in [9.17, 15) is 53.7 Å². The summed E-state index contributed by atoms with van der Waals surface area (Å²) < 4.78 is 9.67. The second-order valence-electron chi connectivity index (χ2n) is 29.4. The third-order valence-corrected chi connectivity index (χ3v) is 15.1. The van der Waals surface area contributed by atoms with E-state index in [0.717, 1.165) is 89.9 Å². The zero-order valence-corrected chi connectivity index (χ0v) is 83.5. The monoisotopic (exact) mass is 1950 g/mol. The van der Waals surface area contributed by atoms with Crippen molar-refractivity contribution in [1.29, 1.82) is 0 Å². The molecular formula is C88H175N33O16+6. The number of nitrogens with zero attached hydrogens (tertiary/aromatic N) is 12. The molecule has 49 heteroatoms. The first-order valence-electron chi connectivity index (χ1n) is 43.6.